The molecule has 0 aliphatic heterocycles. The van der Waals surface area contributed by atoms with E-state index in [1.165, 1.54) is 33.0 Å². The molecule has 48 heavy (non-hydrogen) atoms. The SMILES string of the molecule is c1ccc(-c2ccc(N(c3ccccc3)c3cccc4ccc(-c5ccc(N(c6ccccc6)c6ccccc6)cc5)cc34)cc2)cc1. The average molecular weight is 615 g/mol. The third-order valence-corrected chi connectivity index (χ3v) is 8.83. The van der Waals surface area contributed by atoms with Crippen molar-refractivity contribution in [3.05, 3.63) is 206 Å². The molecule has 8 aromatic rings. The number of nitrogens with zero attached hydrogens (tertiary/aromatic N) is 2. The lowest BCUT2D eigenvalue weighted by atomic mass is 9.98. The second kappa shape index (κ2) is 13.2. The summed E-state index contributed by atoms with van der Waals surface area (Å²) in [6, 6.07) is 73.4. The van der Waals surface area contributed by atoms with Gasteiger partial charge in [0, 0.05) is 33.8 Å². The number of fused-ring (bicyclic) bond motifs is 1. The lowest BCUT2D eigenvalue weighted by molar-refractivity contribution is 1.28. The third kappa shape index (κ3) is 5.84. The minimum Gasteiger partial charge on any atom is -0.311 e. The molecule has 2 heteroatoms. The maximum absolute atomic E-state index is 2.36. The van der Waals surface area contributed by atoms with Gasteiger partial charge in [0.1, 0.15) is 0 Å². The molecule has 0 spiro atoms. The maximum Gasteiger partial charge on any atom is 0.0540 e. The molecule has 0 unspecified atom stereocenters. The molecule has 0 aliphatic rings. The van der Waals surface area contributed by atoms with Crippen molar-refractivity contribution >= 4 is 44.9 Å². The van der Waals surface area contributed by atoms with E-state index in [0.717, 1.165) is 34.1 Å². The van der Waals surface area contributed by atoms with E-state index in [1.807, 2.05) is 0 Å². The van der Waals surface area contributed by atoms with Crippen LogP contribution in [0.2, 0.25) is 0 Å². The molecule has 0 radical (unpaired) electrons. The van der Waals surface area contributed by atoms with Crippen LogP contribution in [-0.4, -0.2) is 0 Å². The minimum absolute atomic E-state index is 1.12. The molecule has 8 rings (SSSR count). The smallest absolute Gasteiger partial charge is 0.0540 e. The Hall–Kier alpha value is -6.38. The van der Waals surface area contributed by atoms with Crippen LogP contribution in [0.15, 0.2) is 206 Å². The van der Waals surface area contributed by atoms with Crippen LogP contribution in [0.4, 0.5) is 34.1 Å². The van der Waals surface area contributed by atoms with Crippen molar-refractivity contribution in [3.8, 4) is 22.3 Å². The molecule has 0 fully saturated rings. The Kier molecular flexibility index (Phi) is 7.96. The number of rotatable bonds is 8. The third-order valence-electron chi connectivity index (χ3n) is 8.83. The van der Waals surface area contributed by atoms with Gasteiger partial charge in [-0.1, -0.05) is 133 Å². The van der Waals surface area contributed by atoms with Crippen LogP contribution < -0.4 is 9.80 Å². The van der Waals surface area contributed by atoms with Gasteiger partial charge in [0.05, 0.1) is 5.69 Å². The Morgan fingerprint density at radius 2 is 0.646 bits per heavy atom. The molecular formula is C46H34N2. The Balaban J connectivity index is 1.19. The fourth-order valence-electron chi connectivity index (χ4n) is 6.47. The lowest BCUT2D eigenvalue weighted by Gasteiger charge is -2.27. The normalized spacial score (nSPS) is 10.9. The number of hydrogen-bond acceptors (Lipinski definition) is 2. The van der Waals surface area contributed by atoms with E-state index in [-0.39, 0.29) is 0 Å². The maximum atomic E-state index is 2.36. The zero-order valence-electron chi connectivity index (χ0n) is 26.5. The van der Waals surface area contributed by atoms with Gasteiger partial charge in [-0.2, -0.15) is 0 Å². The number of para-hydroxylation sites is 3. The van der Waals surface area contributed by atoms with Crippen LogP contribution in [-0.2, 0) is 0 Å². The summed E-state index contributed by atoms with van der Waals surface area (Å²) in [7, 11) is 0. The zero-order valence-corrected chi connectivity index (χ0v) is 26.5. The van der Waals surface area contributed by atoms with Crippen molar-refractivity contribution in [3.63, 3.8) is 0 Å². The van der Waals surface area contributed by atoms with Crippen molar-refractivity contribution in [1.82, 2.24) is 0 Å². The Morgan fingerprint density at radius 1 is 0.250 bits per heavy atom. The molecule has 0 heterocycles. The second-order valence-electron chi connectivity index (χ2n) is 11.9. The molecule has 0 amide bonds. The van der Waals surface area contributed by atoms with Crippen molar-refractivity contribution in [2.24, 2.45) is 0 Å². The summed E-state index contributed by atoms with van der Waals surface area (Å²) < 4.78 is 0. The standard InChI is InChI=1S/C46H34N2/c1-5-14-35(15-6-1)36-26-32-44(33-27-36)48(42-21-11-4-12-22-42)46-23-13-16-38-24-25-39(34-45(38)46)37-28-30-43(31-29-37)47(40-17-7-2-8-18-40)41-19-9-3-10-20-41/h1-34H. The van der Waals surface area contributed by atoms with Crippen LogP contribution in [0.3, 0.4) is 0 Å². The summed E-state index contributed by atoms with van der Waals surface area (Å²) in [5.74, 6) is 0. The summed E-state index contributed by atoms with van der Waals surface area (Å²) in [6.07, 6.45) is 0. The van der Waals surface area contributed by atoms with Crippen molar-refractivity contribution in [2.45, 2.75) is 0 Å². The molecule has 0 aliphatic carbocycles. The molecule has 0 aromatic heterocycles. The highest BCUT2D eigenvalue weighted by molar-refractivity contribution is 6.01. The first-order valence-corrected chi connectivity index (χ1v) is 16.4. The Labute approximate surface area is 282 Å². The Bertz CT molecular complexity index is 2210. The van der Waals surface area contributed by atoms with Crippen molar-refractivity contribution < 1.29 is 0 Å². The lowest BCUT2D eigenvalue weighted by Crippen LogP contribution is -2.10. The molecule has 0 saturated heterocycles. The van der Waals surface area contributed by atoms with E-state index < -0.39 is 0 Å². The highest BCUT2D eigenvalue weighted by Gasteiger charge is 2.17. The van der Waals surface area contributed by atoms with Gasteiger partial charge in [-0.15, -0.1) is 0 Å². The van der Waals surface area contributed by atoms with Gasteiger partial charge in [0.15, 0.2) is 0 Å². The second-order valence-corrected chi connectivity index (χ2v) is 11.9. The van der Waals surface area contributed by atoms with Crippen molar-refractivity contribution in [2.75, 3.05) is 9.80 Å². The first-order chi connectivity index (χ1) is 23.8. The summed E-state index contributed by atoms with van der Waals surface area (Å²) in [5.41, 5.74) is 11.5. The molecular weight excluding hydrogens is 581 g/mol. The summed E-state index contributed by atoms with van der Waals surface area (Å²) in [4.78, 5) is 4.66. The van der Waals surface area contributed by atoms with Gasteiger partial charge in [0.2, 0.25) is 0 Å². The van der Waals surface area contributed by atoms with E-state index in [1.54, 1.807) is 0 Å². The van der Waals surface area contributed by atoms with Gasteiger partial charge in [-0.3, -0.25) is 0 Å². The highest BCUT2D eigenvalue weighted by atomic mass is 15.1. The van der Waals surface area contributed by atoms with Crippen LogP contribution in [0.1, 0.15) is 0 Å². The van der Waals surface area contributed by atoms with Crippen LogP contribution in [0, 0.1) is 0 Å². The average Bonchev–Trinajstić information content (AvgIpc) is 3.17. The summed E-state index contributed by atoms with van der Waals surface area (Å²) in [5, 5.41) is 2.40. The topological polar surface area (TPSA) is 6.48 Å². The molecule has 0 N–H and O–H groups in total. The van der Waals surface area contributed by atoms with E-state index >= 15 is 0 Å². The van der Waals surface area contributed by atoms with Crippen molar-refractivity contribution in [1.29, 1.82) is 0 Å². The summed E-state index contributed by atoms with van der Waals surface area (Å²) in [6.45, 7) is 0. The van der Waals surface area contributed by atoms with E-state index in [2.05, 4.69) is 216 Å². The van der Waals surface area contributed by atoms with Crippen LogP contribution in [0.25, 0.3) is 33.0 Å². The number of anilines is 6. The zero-order chi connectivity index (χ0) is 32.1. The molecule has 228 valence electrons. The van der Waals surface area contributed by atoms with Gasteiger partial charge < -0.3 is 9.80 Å². The molecule has 8 aromatic carbocycles. The fourth-order valence-corrected chi connectivity index (χ4v) is 6.47. The quantitative estimate of drug-likeness (QED) is 0.168. The highest BCUT2D eigenvalue weighted by Crippen LogP contribution is 2.41. The first-order valence-electron chi connectivity index (χ1n) is 16.4. The Morgan fingerprint density at radius 3 is 1.19 bits per heavy atom. The van der Waals surface area contributed by atoms with Gasteiger partial charge in [-0.05, 0) is 100 Å². The first kappa shape index (κ1) is 29.1. The minimum atomic E-state index is 1.12. The predicted molar refractivity (Wildman–Crippen MR) is 204 cm³/mol. The fraction of sp³-hybridized carbons (Fsp3) is 0. The number of benzene rings is 8. The van der Waals surface area contributed by atoms with Gasteiger partial charge in [-0.25, -0.2) is 0 Å². The number of hydrogen-bond donors (Lipinski definition) is 0. The van der Waals surface area contributed by atoms with Gasteiger partial charge in [0.25, 0.3) is 0 Å². The molecule has 2 nitrogen and oxygen atoms in total. The predicted octanol–water partition coefficient (Wildman–Crippen LogP) is 13.1. The molecule has 0 bridgehead atoms. The van der Waals surface area contributed by atoms with Crippen LogP contribution in [0.5, 0.6) is 0 Å². The van der Waals surface area contributed by atoms with E-state index in [9.17, 15) is 0 Å². The largest absolute Gasteiger partial charge is 0.311 e. The van der Waals surface area contributed by atoms with Crippen LogP contribution >= 0.6 is 0 Å². The van der Waals surface area contributed by atoms with Gasteiger partial charge >= 0.3 is 0 Å². The van der Waals surface area contributed by atoms with E-state index in [4.69, 9.17) is 0 Å². The molecule has 0 atom stereocenters. The molecule has 0 saturated carbocycles. The van der Waals surface area contributed by atoms with E-state index in [0.29, 0.717) is 0 Å². The monoisotopic (exact) mass is 614 g/mol. The summed E-state index contributed by atoms with van der Waals surface area (Å²) >= 11 is 0.